The van der Waals surface area contributed by atoms with Gasteiger partial charge in [-0.25, -0.2) is 13.4 Å². The van der Waals surface area contributed by atoms with Crippen LogP contribution in [0.1, 0.15) is 19.3 Å². The third-order valence-electron chi connectivity index (χ3n) is 6.26. The van der Waals surface area contributed by atoms with Gasteiger partial charge in [-0.1, -0.05) is 6.07 Å². The lowest BCUT2D eigenvalue weighted by atomic mass is 10.0. The van der Waals surface area contributed by atoms with Crippen LogP contribution in [0.4, 0.5) is 11.4 Å². The van der Waals surface area contributed by atoms with Gasteiger partial charge in [0, 0.05) is 30.7 Å². The largest absolute Gasteiger partial charge is 0.481 e. The highest BCUT2D eigenvalue weighted by Crippen LogP contribution is 2.39. The van der Waals surface area contributed by atoms with Crippen molar-refractivity contribution in [2.24, 2.45) is 0 Å². The quantitative estimate of drug-likeness (QED) is 0.436. The van der Waals surface area contributed by atoms with Gasteiger partial charge in [0.1, 0.15) is 11.4 Å². The highest BCUT2D eigenvalue weighted by molar-refractivity contribution is 7.93. The second-order valence-electron chi connectivity index (χ2n) is 9.37. The molecule has 5 rings (SSSR count). The first-order valence-electron chi connectivity index (χ1n) is 11.8. The van der Waals surface area contributed by atoms with Crippen LogP contribution in [0.25, 0.3) is 22.0 Å². The lowest BCUT2D eigenvalue weighted by Gasteiger charge is -2.26. The van der Waals surface area contributed by atoms with Crippen molar-refractivity contribution in [3.8, 4) is 22.8 Å². The van der Waals surface area contributed by atoms with E-state index in [4.69, 9.17) is 9.47 Å². The molecule has 0 radical (unpaired) electrons. The summed E-state index contributed by atoms with van der Waals surface area (Å²) >= 11 is 0. The molecule has 1 aliphatic heterocycles. The van der Waals surface area contributed by atoms with E-state index in [9.17, 15) is 13.2 Å². The number of ether oxygens (including phenoxy) is 2. The topological polar surface area (TPSA) is 114 Å². The van der Waals surface area contributed by atoms with Crippen molar-refractivity contribution in [1.82, 2.24) is 14.9 Å². The van der Waals surface area contributed by atoms with Crippen LogP contribution in [0.2, 0.25) is 0 Å². The zero-order chi connectivity index (χ0) is 25.4. The van der Waals surface area contributed by atoms with Gasteiger partial charge in [0.2, 0.25) is 15.9 Å². The van der Waals surface area contributed by atoms with Crippen LogP contribution >= 0.6 is 0 Å². The molecule has 3 heterocycles. The van der Waals surface area contributed by atoms with Crippen LogP contribution in [0, 0.1) is 0 Å². The van der Waals surface area contributed by atoms with Crippen molar-refractivity contribution in [3.63, 3.8) is 0 Å². The number of hydrogen-bond acceptors (Lipinski definition) is 8. The zero-order valence-corrected chi connectivity index (χ0v) is 21.3. The molecule has 0 bridgehead atoms. The maximum absolute atomic E-state index is 12.7. The summed E-state index contributed by atoms with van der Waals surface area (Å²) in [4.78, 5) is 24.6. The van der Waals surface area contributed by atoms with E-state index in [1.165, 1.54) is 4.90 Å². The molecule has 3 aromatic rings. The van der Waals surface area contributed by atoms with Gasteiger partial charge in [-0.2, -0.15) is 0 Å². The van der Waals surface area contributed by atoms with Gasteiger partial charge in [0.25, 0.3) is 5.91 Å². The zero-order valence-electron chi connectivity index (χ0n) is 20.5. The molecule has 1 fully saturated rings. The van der Waals surface area contributed by atoms with E-state index in [1.807, 2.05) is 32.3 Å². The van der Waals surface area contributed by atoms with E-state index in [1.54, 1.807) is 25.5 Å². The normalized spacial score (nSPS) is 15.7. The van der Waals surface area contributed by atoms with E-state index < -0.39 is 10.0 Å². The maximum Gasteiger partial charge on any atom is 0.264 e. The summed E-state index contributed by atoms with van der Waals surface area (Å²) in [7, 11) is 2.16. The fourth-order valence-electron chi connectivity index (χ4n) is 4.06. The van der Waals surface area contributed by atoms with Crippen molar-refractivity contribution in [1.29, 1.82) is 0 Å². The van der Waals surface area contributed by atoms with E-state index >= 15 is 0 Å². The Kier molecular flexibility index (Phi) is 6.44. The Balaban J connectivity index is 1.50. The highest BCUT2D eigenvalue weighted by Gasteiger charge is 2.36. The van der Waals surface area contributed by atoms with Gasteiger partial charge < -0.3 is 19.3 Å². The van der Waals surface area contributed by atoms with Crippen molar-refractivity contribution in [3.05, 3.63) is 36.7 Å². The summed E-state index contributed by atoms with van der Waals surface area (Å²) < 4.78 is 39.8. The standard InChI is InChI=1S/C25H29N5O5S/c1-29(2)9-4-10-34-25-21(28-36(32,33)18-6-7-18)12-17(13-27-25)16-5-8-20-19(11-16)24-22(14-26-20)30(3)23(31)15-35-24/h5,8,11-14,18,28H,4,6-7,9-10,15H2,1-3H3. The number of likely N-dealkylation sites (N-methyl/N-ethyl adjacent to an activating group) is 1. The van der Waals surface area contributed by atoms with Crippen LogP contribution in [-0.4, -0.2) is 75.3 Å². The summed E-state index contributed by atoms with van der Waals surface area (Å²) in [5.74, 6) is 0.704. The van der Waals surface area contributed by atoms with Crippen LogP contribution in [0.15, 0.2) is 36.7 Å². The fraction of sp³-hybridized carbons (Fsp3) is 0.400. The van der Waals surface area contributed by atoms with Gasteiger partial charge in [-0.15, -0.1) is 0 Å². The lowest BCUT2D eigenvalue weighted by molar-refractivity contribution is -0.120. The maximum atomic E-state index is 12.7. The smallest absolute Gasteiger partial charge is 0.264 e. The second-order valence-corrected chi connectivity index (χ2v) is 11.3. The summed E-state index contributed by atoms with van der Waals surface area (Å²) in [6, 6.07) is 7.42. The minimum atomic E-state index is -3.51. The Labute approximate surface area is 210 Å². The number of anilines is 2. The summed E-state index contributed by atoms with van der Waals surface area (Å²) in [5, 5.41) is 0.381. The first-order valence-corrected chi connectivity index (χ1v) is 13.4. The van der Waals surface area contributed by atoms with Gasteiger partial charge in [0.15, 0.2) is 12.4 Å². The molecular weight excluding hydrogens is 482 g/mol. The number of amides is 1. The first kappa shape index (κ1) is 24.3. The van der Waals surface area contributed by atoms with Gasteiger partial charge >= 0.3 is 0 Å². The van der Waals surface area contributed by atoms with E-state index in [0.717, 1.165) is 29.4 Å². The molecule has 0 spiro atoms. The molecule has 11 heteroatoms. The SMILES string of the molecule is CN(C)CCCOc1ncc(-c2ccc3ncc4c(c3c2)OCC(=O)N4C)cc1NS(=O)(=O)C1CC1. The van der Waals surface area contributed by atoms with Crippen molar-refractivity contribution in [2.45, 2.75) is 24.5 Å². The van der Waals surface area contributed by atoms with Crippen molar-refractivity contribution >= 4 is 38.2 Å². The number of nitrogens with zero attached hydrogens (tertiary/aromatic N) is 4. The summed E-state index contributed by atoms with van der Waals surface area (Å²) in [6.45, 7) is 1.22. The van der Waals surface area contributed by atoms with Crippen LogP contribution in [0.3, 0.4) is 0 Å². The molecule has 1 aliphatic carbocycles. The molecule has 0 saturated heterocycles. The minimum absolute atomic E-state index is 0.0403. The number of hydrogen-bond donors (Lipinski definition) is 1. The average molecular weight is 512 g/mol. The van der Waals surface area contributed by atoms with Gasteiger partial charge in [-0.05, 0) is 57.1 Å². The molecule has 2 aromatic heterocycles. The number of benzene rings is 1. The molecule has 36 heavy (non-hydrogen) atoms. The Hall–Kier alpha value is -3.44. The molecule has 1 N–H and O–H groups in total. The predicted molar refractivity (Wildman–Crippen MR) is 138 cm³/mol. The molecule has 0 atom stereocenters. The highest BCUT2D eigenvalue weighted by atomic mass is 32.2. The third-order valence-corrected chi connectivity index (χ3v) is 8.12. The second kappa shape index (κ2) is 9.55. The lowest BCUT2D eigenvalue weighted by Crippen LogP contribution is -2.35. The number of carbonyl (C=O) groups is 1. The Morgan fingerprint density at radius 3 is 2.72 bits per heavy atom. The minimum Gasteiger partial charge on any atom is -0.481 e. The number of nitrogens with one attached hydrogen (secondary N) is 1. The van der Waals surface area contributed by atoms with E-state index in [0.29, 0.717) is 42.1 Å². The van der Waals surface area contributed by atoms with Crippen molar-refractivity contribution in [2.75, 3.05) is 50.5 Å². The Bertz CT molecular complexity index is 1420. The van der Waals surface area contributed by atoms with Gasteiger partial charge in [0.05, 0.1) is 23.6 Å². The molecule has 2 aliphatic rings. The van der Waals surface area contributed by atoms with Crippen LogP contribution < -0.4 is 19.1 Å². The molecule has 10 nitrogen and oxygen atoms in total. The van der Waals surface area contributed by atoms with Crippen molar-refractivity contribution < 1.29 is 22.7 Å². The molecule has 1 aromatic carbocycles. The number of pyridine rings is 2. The number of carbonyl (C=O) groups excluding carboxylic acids is 1. The molecule has 0 unspecified atom stereocenters. The first-order chi connectivity index (χ1) is 17.2. The molecule has 1 amide bonds. The van der Waals surface area contributed by atoms with Crippen LogP contribution in [-0.2, 0) is 14.8 Å². The predicted octanol–water partition coefficient (Wildman–Crippen LogP) is 2.89. The fourth-order valence-corrected chi connectivity index (χ4v) is 5.43. The van der Waals surface area contributed by atoms with Gasteiger partial charge in [-0.3, -0.25) is 14.5 Å². The number of sulfonamides is 1. The molecule has 190 valence electrons. The molecular formula is C25H29N5O5S. The summed E-state index contributed by atoms with van der Waals surface area (Å²) in [6.07, 6.45) is 5.38. The van der Waals surface area contributed by atoms with E-state index in [2.05, 4.69) is 19.6 Å². The number of aromatic nitrogens is 2. The Morgan fingerprint density at radius 1 is 1.17 bits per heavy atom. The number of rotatable bonds is 9. The molecule has 1 saturated carbocycles. The average Bonchev–Trinajstić information content (AvgIpc) is 3.70. The summed E-state index contributed by atoms with van der Waals surface area (Å²) in [5.41, 5.74) is 3.17. The van der Waals surface area contributed by atoms with E-state index in [-0.39, 0.29) is 23.6 Å². The third kappa shape index (κ3) is 4.93. The monoisotopic (exact) mass is 511 g/mol. The number of fused-ring (bicyclic) bond motifs is 3. The van der Waals surface area contributed by atoms with Crippen LogP contribution in [0.5, 0.6) is 11.6 Å². The Morgan fingerprint density at radius 2 is 1.97 bits per heavy atom.